The molecule has 0 bridgehead atoms. The summed E-state index contributed by atoms with van der Waals surface area (Å²) in [6, 6.07) is 14.6. The molecule has 1 aliphatic heterocycles. The molecule has 1 heterocycles. The largest absolute Gasteiger partial charge is 0.493 e. The van der Waals surface area contributed by atoms with Gasteiger partial charge >= 0.3 is 0 Å². The van der Waals surface area contributed by atoms with Crippen molar-refractivity contribution in [1.82, 2.24) is 4.90 Å². The highest BCUT2D eigenvalue weighted by molar-refractivity contribution is 9.10. The van der Waals surface area contributed by atoms with Crippen LogP contribution in [0.5, 0.6) is 11.5 Å². The number of hydrogen-bond donors (Lipinski definition) is 0. The molecule has 0 saturated heterocycles. The monoisotopic (exact) mass is 455 g/mol. The summed E-state index contributed by atoms with van der Waals surface area (Å²) in [5, 5.41) is 0. The number of ether oxygens (including phenoxy) is 2. The lowest BCUT2D eigenvalue weighted by molar-refractivity contribution is 0.296. The highest BCUT2D eigenvalue weighted by Crippen LogP contribution is 2.36. The molecule has 0 fully saturated rings. The molecular weight excluding hydrogens is 426 g/mol. The third-order valence-electron chi connectivity index (χ3n) is 5.07. The molecule has 3 nitrogen and oxygen atoms in total. The average Bonchev–Trinajstić information content (AvgIpc) is 2.73. The van der Waals surface area contributed by atoms with E-state index < -0.39 is 0 Å². The summed E-state index contributed by atoms with van der Waals surface area (Å²) in [5.74, 6) is 1.78. The van der Waals surface area contributed by atoms with Crippen LogP contribution < -0.4 is 9.47 Å². The normalized spacial score (nSPS) is 12.9. The van der Waals surface area contributed by atoms with Crippen molar-refractivity contribution < 1.29 is 9.47 Å². The van der Waals surface area contributed by atoms with Gasteiger partial charge in [-0.2, -0.15) is 0 Å². The fourth-order valence-electron chi connectivity index (χ4n) is 3.50. The first kappa shape index (κ1) is 21.7. The number of rotatable bonds is 11. The predicted molar refractivity (Wildman–Crippen MR) is 125 cm³/mol. The minimum atomic E-state index is 0.585. The fourth-order valence-corrected chi connectivity index (χ4v) is 3.77. The van der Waals surface area contributed by atoms with Gasteiger partial charge in [-0.1, -0.05) is 47.0 Å². The van der Waals surface area contributed by atoms with Gasteiger partial charge in [-0.05, 0) is 67.9 Å². The lowest BCUT2D eigenvalue weighted by Gasteiger charge is -2.20. The molecule has 0 unspecified atom stereocenters. The molecule has 4 heteroatoms. The summed E-state index contributed by atoms with van der Waals surface area (Å²) in [5.41, 5.74) is 3.53. The highest BCUT2D eigenvalue weighted by atomic mass is 79.9. The maximum absolute atomic E-state index is 5.97. The minimum Gasteiger partial charge on any atom is -0.493 e. The Morgan fingerprint density at radius 2 is 1.90 bits per heavy atom. The van der Waals surface area contributed by atoms with Gasteiger partial charge in [0.05, 0.1) is 6.61 Å². The molecule has 0 spiro atoms. The van der Waals surface area contributed by atoms with Crippen molar-refractivity contribution in [2.24, 2.45) is 0 Å². The molecule has 2 aromatic carbocycles. The molecule has 0 radical (unpaired) electrons. The number of nitrogens with zero attached hydrogens (tertiary/aromatic N) is 1. The second-order valence-electron chi connectivity index (χ2n) is 7.41. The highest BCUT2D eigenvalue weighted by Gasteiger charge is 2.16. The zero-order chi connectivity index (χ0) is 20.5. The van der Waals surface area contributed by atoms with Crippen LogP contribution in [0.3, 0.4) is 0 Å². The van der Waals surface area contributed by atoms with Crippen LogP contribution in [0.15, 0.2) is 65.7 Å². The van der Waals surface area contributed by atoms with Gasteiger partial charge in [0.2, 0.25) is 0 Å². The smallest absolute Gasteiger partial charge is 0.131 e. The third kappa shape index (κ3) is 6.48. The van der Waals surface area contributed by atoms with Crippen LogP contribution in [0.1, 0.15) is 36.8 Å². The zero-order valence-corrected chi connectivity index (χ0v) is 18.8. The second kappa shape index (κ2) is 11.2. The molecule has 3 rings (SSSR count). The van der Waals surface area contributed by atoms with Crippen molar-refractivity contribution in [1.29, 1.82) is 0 Å². The van der Waals surface area contributed by atoms with Gasteiger partial charge in [-0.25, -0.2) is 0 Å². The molecule has 0 aromatic heterocycles. The lowest BCUT2D eigenvalue weighted by atomic mass is 9.95. The fraction of sp³-hybridized carbons (Fsp3) is 0.360. The number of unbranched alkanes of at least 4 members (excludes halogenated alkanes) is 3. The SMILES string of the molecule is C=CCN(C)CCCCCCOc1ccc2c(c1)OCC=C2c1ccc(Br)cc1. The average molecular weight is 456 g/mol. The van der Waals surface area contributed by atoms with E-state index in [1.807, 2.05) is 18.2 Å². The van der Waals surface area contributed by atoms with Gasteiger partial charge in [0.1, 0.15) is 18.1 Å². The van der Waals surface area contributed by atoms with E-state index in [0.717, 1.165) is 47.7 Å². The van der Waals surface area contributed by atoms with Gasteiger partial charge in [0.25, 0.3) is 0 Å². The Balaban J connectivity index is 1.47. The number of likely N-dealkylation sites (N-methyl/N-ethyl adjacent to an activating group) is 1. The van der Waals surface area contributed by atoms with Gasteiger partial charge in [-0.3, -0.25) is 0 Å². The summed E-state index contributed by atoms with van der Waals surface area (Å²) in [4.78, 5) is 2.30. The Labute approximate surface area is 183 Å². The number of benzene rings is 2. The van der Waals surface area contributed by atoms with Crippen LogP contribution in [0.4, 0.5) is 0 Å². The van der Waals surface area contributed by atoms with Crippen LogP contribution >= 0.6 is 15.9 Å². The van der Waals surface area contributed by atoms with E-state index in [-0.39, 0.29) is 0 Å². The zero-order valence-electron chi connectivity index (χ0n) is 17.2. The Hall–Kier alpha value is -2.04. The van der Waals surface area contributed by atoms with Crippen molar-refractivity contribution in [3.8, 4) is 11.5 Å². The van der Waals surface area contributed by atoms with Crippen molar-refractivity contribution >= 4 is 21.5 Å². The Morgan fingerprint density at radius 3 is 2.69 bits per heavy atom. The first-order valence-electron chi connectivity index (χ1n) is 10.3. The van der Waals surface area contributed by atoms with Gasteiger partial charge < -0.3 is 14.4 Å². The lowest BCUT2D eigenvalue weighted by Crippen LogP contribution is -2.19. The van der Waals surface area contributed by atoms with Gasteiger partial charge in [0.15, 0.2) is 0 Å². The molecule has 1 aliphatic rings. The van der Waals surface area contributed by atoms with E-state index in [1.54, 1.807) is 0 Å². The van der Waals surface area contributed by atoms with Gasteiger partial charge in [0, 0.05) is 22.6 Å². The van der Waals surface area contributed by atoms with Crippen LogP contribution in [0.2, 0.25) is 0 Å². The standard InChI is InChI=1S/C25H30BrNO2/c1-3-15-27(2)16-6-4-5-7-17-28-22-12-13-24-23(14-18-29-25(24)19-22)20-8-10-21(26)11-9-20/h3,8-14,19H,1,4-7,15-18H2,2H3. The second-order valence-corrected chi connectivity index (χ2v) is 8.32. The molecule has 0 N–H and O–H groups in total. The van der Waals surface area contributed by atoms with E-state index in [0.29, 0.717) is 6.61 Å². The summed E-state index contributed by atoms with van der Waals surface area (Å²) in [7, 11) is 2.14. The van der Waals surface area contributed by atoms with Crippen LogP contribution in [-0.2, 0) is 0 Å². The number of halogens is 1. The maximum atomic E-state index is 5.97. The summed E-state index contributed by atoms with van der Waals surface area (Å²) >= 11 is 3.50. The molecule has 154 valence electrons. The van der Waals surface area contributed by atoms with Crippen LogP contribution in [-0.4, -0.2) is 38.3 Å². The van der Waals surface area contributed by atoms with Crippen LogP contribution in [0, 0.1) is 0 Å². The third-order valence-corrected chi connectivity index (χ3v) is 5.60. The first-order valence-corrected chi connectivity index (χ1v) is 11.1. The minimum absolute atomic E-state index is 0.585. The molecule has 0 saturated carbocycles. The van der Waals surface area contributed by atoms with Crippen molar-refractivity contribution in [3.05, 3.63) is 76.8 Å². The van der Waals surface area contributed by atoms with E-state index >= 15 is 0 Å². The van der Waals surface area contributed by atoms with E-state index in [2.05, 4.69) is 70.9 Å². The Bertz CT molecular complexity index is 829. The van der Waals surface area contributed by atoms with E-state index in [1.165, 1.54) is 30.4 Å². The number of hydrogen-bond acceptors (Lipinski definition) is 3. The predicted octanol–water partition coefficient (Wildman–Crippen LogP) is 6.33. The van der Waals surface area contributed by atoms with Gasteiger partial charge in [-0.15, -0.1) is 6.58 Å². The molecule has 0 amide bonds. The summed E-state index contributed by atoms with van der Waals surface area (Å²) < 4.78 is 12.9. The maximum Gasteiger partial charge on any atom is 0.131 e. The quantitative estimate of drug-likeness (QED) is 0.291. The summed E-state index contributed by atoms with van der Waals surface area (Å²) in [6.07, 6.45) is 8.82. The van der Waals surface area contributed by atoms with E-state index in [4.69, 9.17) is 9.47 Å². The van der Waals surface area contributed by atoms with E-state index in [9.17, 15) is 0 Å². The molecule has 2 aromatic rings. The Kier molecular flexibility index (Phi) is 8.38. The molecule has 29 heavy (non-hydrogen) atoms. The van der Waals surface area contributed by atoms with Crippen LogP contribution in [0.25, 0.3) is 5.57 Å². The summed E-state index contributed by atoms with van der Waals surface area (Å²) in [6.45, 7) is 7.20. The molecule has 0 aliphatic carbocycles. The molecular formula is C25H30BrNO2. The number of fused-ring (bicyclic) bond motifs is 1. The Morgan fingerprint density at radius 1 is 1.10 bits per heavy atom. The van der Waals surface area contributed by atoms with Crippen molar-refractivity contribution in [3.63, 3.8) is 0 Å². The first-order chi connectivity index (χ1) is 14.2. The topological polar surface area (TPSA) is 21.7 Å². The van der Waals surface area contributed by atoms with Crippen molar-refractivity contribution in [2.45, 2.75) is 25.7 Å². The molecule has 0 atom stereocenters. The van der Waals surface area contributed by atoms with Crippen molar-refractivity contribution in [2.75, 3.05) is 33.4 Å².